The molecule has 0 aromatic heterocycles. The normalized spacial score (nSPS) is 10.0. The minimum Gasteiger partial charge on any atom is -0.497 e. The molecule has 0 saturated carbocycles. The van der Waals surface area contributed by atoms with E-state index in [4.69, 9.17) is 9.47 Å². The molecule has 3 aromatic rings. The van der Waals surface area contributed by atoms with E-state index in [9.17, 15) is 19.7 Å². The molecule has 0 unspecified atom stereocenters. The smallest absolute Gasteiger partial charge is 0.319 e. The quantitative estimate of drug-likeness (QED) is 0.234. The number of hydrogen-bond donors (Lipinski definition) is 3. The first kappa shape index (κ1) is 23.8. The lowest BCUT2D eigenvalue weighted by Crippen LogP contribution is -2.28. The Labute approximate surface area is 195 Å². The predicted molar refractivity (Wildman–Crippen MR) is 128 cm³/mol. The van der Waals surface area contributed by atoms with Crippen molar-refractivity contribution in [2.45, 2.75) is 0 Å². The van der Waals surface area contributed by atoms with Gasteiger partial charge in [0.05, 0.1) is 17.6 Å². The van der Waals surface area contributed by atoms with Gasteiger partial charge in [-0.3, -0.25) is 14.9 Å². The van der Waals surface area contributed by atoms with Gasteiger partial charge in [0.2, 0.25) is 0 Å². The van der Waals surface area contributed by atoms with Crippen molar-refractivity contribution in [2.24, 2.45) is 0 Å². The Morgan fingerprint density at radius 2 is 1.59 bits per heavy atom. The third-order valence-electron chi connectivity index (χ3n) is 4.51. The van der Waals surface area contributed by atoms with Gasteiger partial charge in [0, 0.05) is 30.1 Å². The Hall–Kier alpha value is -4.86. The highest BCUT2D eigenvalue weighted by Gasteiger charge is 2.19. The summed E-state index contributed by atoms with van der Waals surface area (Å²) >= 11 is 0. The zero-order chi connectivity index (χ0) is 24.5. The van der Waals surface area contributed by atoms with Gasteiger partial charge in [0.25, 0.3) is 11.6 Å². The van der Waals surface area contributed by atoms with E-state index in [0.717, 1.165) is 6.07 Å². The van der Waals surface area contributed by atoms with Gasteiger partial charge in [-0.25, -0.2) is 4.79 Å². The molecule has 3 amide bonds. The van der Waals surface area contributed by atoms with Gasteiger partial charge >= 0.3 is 6.03 Å². The predicted octanol–water partition coefficient (Wildman–Crippen LogP) is 4.96. The molecular formula is C24H22N4O6. The number of benzene rings is 3. The minimum atomic E-state index is -0.600. The fraction of sp³-hybridized carbons (Fsp3) is 0.0833. The molecule has 0 saturated heterocycles. The van der Waals surface area contributed by atoms with Gasteiger partial charge < -0.3 is 25.4 Å². The average molecular weight is 462 g/mol. The summed E-state index contributed by atoms with van der Waals surface area (Å²) in [4.78, 5) is 35.3. The fourth-order valence-corrected chi connectivity index (χ4v) is 2.84. The second kappa shape index (κ2) is 11.1. The first-order valence-electron chi connectivity index (χ1n) is 10.1. The van der Waals surface area contributed by atoms with Gasteiger partial charge in [-0.2, -0.15) is 0 Å². The maximum atomic E-state index is 13.0. The number of carbonyl (C=O) groups excluding carboxylic acids is 2. The highest BCUT2D eigenvalue weighted by atomic mass is 16.6. The molecule has 0 bridgehead atoms. The van der Waals surface area contributed by atoms with Crippen molar-refractivity contribution in [3.8, 4) is 17.2 Å². The molecule has 0 atom stereocenters. The van der Waals surface area contributed by atoms with Gasteiger partial charge in [0.1, 0.15) is 17.2 Å². The van der Waals surface area contributed by atoms with Crippen LogP contribution in [0.3, 0.4) is 0 Å². The number of anilines is 2. The first-order valence-corrected chi connectivity index (χ1v) is 10.1. The van der Waals surface area contributed by atoms with Crippen molar-refractivity contribution in [1.29, 1.82) is 0 Å². The summed E-state index contributed by atoms with van der Waals surface area (Å²) in [5, 5.41) is 19.1. The van der Waals surface area contributed by atoms with Crippen molar-refractivity contribution in [3.63, 3.8) is 0 Å². The molecule has 0 aliphatic carbocycles. The lowest BCUT2D eigenvalue weighted by Gasteiger charge is -2.12. The Balaban J connectivity index is 1.78. The SMILES string of the molecule is C=CCNC(=O)Nc1ccc(NC(=O)c2cc([N+](=O)[O-])ccc2Oc2ccc(OC)cc2)cc1. The average Bonchev–Trinajstić information content (AvgIpc) is 2.84. The van der Waals surface area contributed by atoms with E-state index in [1.54, 1.807) is 54.6 Å². The minimum absolute atomic E-state index is 0.0176. The Bertz CT molecular complexity index is 1190. The number of rotatable bonds is 9. The van der Waals surface area contributed by atoms with Crippen molar-refractivity contribution in [2.75, 3.05) is 24.3 Å². The maximum Gasteiger partial charge on any atom is 0.319 e. The van der Waals surface area contributed by atoms with Crippen LogP contribution in [-0.2, 0) is 0 Å². The summed E-state index contributed by atoms with van der Waals surface area (Å²) in [5.41, 5.74) is 0.663. The zero-order valence-electron chi connectivity index (χ0n) is 18.2. The zero-order valence-corrected chi connectivity index (χ0v) is 18.2. The number of hydrogen-bond acceptors (Lipinski definition) is 6. The lowest BCUT2D eigenvalue weighted by molar-refractivity contribution is -0.384. The summed E-state index contributed by atoms with van der Waals surface area (Å²) in [6.45, 7) is 3.84. The van der Waals surface area contributed by atoms with Crippen molar-refractivity contribution in [3.05, 3.63) is 95.1 Å². The molecule has 3 N–H and O–H groups in total. The van der Waals surface area contributed by atoms with Crippen molar-refractivity contribution >= 4 is 29.0 Å². The number of nitro groups is 1. The Morgan fingerprint density at radius 3 is 2.18 bits per heavy atom. The molecule has 0 fully saturated rings. The largest absolute Gasteiger partial charge is 0.497 e. The molecule has 3 rings (SSSR count). The van der Waals surface area contributed by atoms with Crippen LogP contribution < -0.4 is 25.4 Å². The van der Waals surface area contributed by atoms with Crippen molar-refractivity contribution in [1.82, 2.24) is 5.32 Å². The van der Waals surface area contributed by atoms with E-state index < -0.39 is 16.9 Å². The molecular weight excluding hydrogens is 440 g/mol. The molecule has 0 spiro atoms. The lowest BCUT2D eigenvalue weighted by atomic mass is 10.1. The summed E-state index contributed by atoms with van der Waals surface area (Å²) in [7, 11) is 1.54. The Morgan fingerprint density at radius 1 is 0.971 bits per heavy atom. The number of nitro benzene ring substituents is 1. The number of methoxy groups -OCH3 is 1. The number of carbonyl (C=O) groups is 2. The molecule has 174 valence electrons. The van der Waals surface area contributed by atoms with Crippen molar-refractivity contribution < 1.29 is 24.0 Å². The summed E-state index contributed by atoms with van der Waals surface area (Å²) in [6.07, 6.45) is 1.55. The first-order chi connectivity index (χ1) is 16.4. The number of ether oxygens (including phenoxy) is 2. The van der Waals surface area contributed by atoms with Gasteiger partial charge in [-0.05, 0) is 54.6 Å². The second-order valence-corrected chi connectivity index (χ2v) is 6.87. The van der Waals surface area contributed by atoms with E-state index in [2.05, 4.69) is 22.5 Å². The third kappa shape index (κ3) is 6.33. The number of nitrogens with zero attached hydrogens (tertiary/aromatic N) is 1. The topological polar surface area (TPSA) is 132 Å². The van der Waals surface area contributed by atoms with Crippen LogP contribution in [0.4, 0.5) is 21.9 Å². The van der Waals surface area contributed by atoms with E-state index in [-0.39, 0.29) is 17.0 Å². The summed E-state index contributed by atoms with van der Waals surface area (Å²) in [5.74, 6) is 0.598. The van der Waals surface area contributed by atoms with Gasteiger partial charge in [-0.1, -0.05) is 6.08 Å². The van der Waals surface area contributed by atoms with Crippen LogP contribution in [0.1, 0.15) is 10.4 Å². The van der Waals surface area contributed by atoms with E-state index >= 15 is 0 Å². The Kier molecular flexibility index (Phi) is 7.79. The molecule has 3 aromatic carbocycles. The van der Waals surface area contributed by atoms with Crippen LogP contribution in [0.5, 0.6) is 17.2 Å². The standard InChI is InChI=1S/C24H22N4O6/c1-3-14-25-24(30)27-17-6-4-16(5-7-17)26-23(29)21-15-18(28(31)32)8-13-22(21)34-20-11-9-19(33-2)10-12-20/h3-13,15H,1,14H2,2H3,(H,26,29)(H2,25,27,30). The second-order valence-electron chi connectivity index (χ2n) is 6.87. The molecule has 0 radical (unpaired) electrons. The van der Waals surface area contributed by atoms with Crippen LogP contribution in [-0.4, -0.2) is 30.5 Å². The summed E-state index contributed by atoms with van der Waals surface area (Å²) < 4.78 is 10.9. The molecule has 0 aliphatic heterocycles. The monoisotopic (exact) mass is 462 g/mol. The van der Waals surface area contributed by atoms with Crippen LogP contribution in [0.25, 0.3) is 0 Å². The van der Waals surface area contributed by atoms with Crippen LogP contribution in [0, 0.1) is 10.1 Å². The third-order valence-corrected chi connectivity index (χ3v) is 4.51. The summed E-state index contributed by atoms with van der Waals surface area (Å²) in [6, 6.07) is 16.4. The van der Waals surface area contributed by atoms with Crippen LogP contribution in [0.15, 0.2) is 79.4 Å². The molecule has 10 heteroatoms. The molecule has 0 aliphatic rings. The maximum absolute atomic E-state index is 13.0. The van der Waals surface area contributed by atoms with E-state index in [1.807, 2.05) is 0 Å². The number of nitrogens with one attached hydrogen (secondary N) is 3. The van der Waals surface area contributed by atoms with Crippen LogP contribution in [0.2, 0.25) is 0 Å². The van der Waals surface area contributed by atoms with Crippen LogP contribution >= 0.6 is 0 Å². The van der Waals surface area contributed by atoms with E-state index in [1.165, 1.54) is 19.2 Å². The van der Waals surface area contributed by atoms with E-state index in [0.29, 0.717) is 29.4 Å². The molecule has 0 heterocycles. The number of urea groups is 1. The highest BCUT2D eigenvalue weighted by Crippen LogP contribution is 2.30. The number of non-ortho nitro benzene ring substituents is 1. The molecule has 10 nitrogen and oxygen atoms in total. The van der Waals surface area contributed by atoms with Gasteiger partial charge in [0.15, 0.2) is 0 Å². The molecule has 34 heavy (non-hydrogen) atoms. The van der Waals surface area contributed by atoms with Gasteiger partial charge in [-0.15, -0.1) is 6.58 Å². The number of amides is 3. The highest BCUT2D eigenvalue weighted by molar-refractivity contribution is 6.06. The fourth-order valence-electron chi connectivity index (χ4n) is 2.84.